The molecule has 0 spiro atoms. The Bertz CT molecular complexity index is 559. The highest BCUT2D eigenvalue weighted by atomic mass is 32.1. The number of nitrogens with zero attached hydrogens (tertiary/aromatic N) is 1. The zero-order valence-corrected chi connectivity index (χ0v) is 15.2. The molecular formula is C17H27N4O2S+. The van der Waals surface area contributed by atoms with Crippen molar-refractivity contribution in [1.82, 2.24) is 10.2 Å². The number of carbonyl (C=O) groups is 1. The summed E-state index contributed by atoms with van der Waals surface area (Å²) >= 11 is 5.53. The smallest absolute Gasteiger partial charge is 0.275 e. The summed E-state index contributed by atoms with van der Waals surface area (Å²) in [5.41, 5.74) is 2.23. The van der Waals surface area contributed by atoms with Gasteiger partial charge in [-0.25, -0.2) is 0 Å². The summed E-state index contributed by atoms with van der Waals surface area (Å²) in [5, 5.41) is 6.95. The van der Waals surface area contributed by atoms with Gasteiger partial charge in [0.25, 0.3) is 5.91 Å². The molecule has 7 heteroatoms. The normalized spacial score (nSPS) is 15.2. The van der Waals surface area contributed by atoms with E-state index in [1.807, 2.05) is 18.2 Å². The Morgan fingerprint density at radius 1 is 1.33 bits per heavy atom. The van der Waals surface area contributed by atoms with E-state index in [0.29, 0.717) is 19.7 Å². The number of quaternary nitrogens is 1. The second-order valence-corrected chi connectivity index (χ2v) is 6.39. The van der Waals surface area contributed by atoms with Crippen LogP contribution in [0.25, 0.3) is 0 Å². The Kier molecular flexibility index (Phi) is 7.42. The maximum absolute atomic E-state index is 11.8. The highest BCUT2D eigenvalue weighted by Crippen LogP contribution is 2.13. The van der Waals surface area contributed by atoms with Gasteiger partial charge >= 0.3 is 0 Å². The van der Waals surface area contributed by atoms with Crippen LogP contribution in [0.4, 0.5) is 5.69 Å². The standard InChI is InChI=1S/C17H26N4O2S/c1-14-5-3-4-6-15(14)19-17(24)21-10-8-20(9-11-21)13-16(22)18-7-12-23-2/h3-6H,7-13H2,1-2H3,(H,18,22)(H,19,24)/p+1. The van der Waals surface area contributed by atoms with Crippen molar-refractivity contribution in [3.8, 4) is 0 Å². The Morgan fingerprint density at radius 2 is 2.04 bits per heavy atom. The molecular weight excluding hydrogens is 324 g/mol. The number of methoxy groups -OCH3 is 1. The minimum absolute atomic E-state index is 0.0797. The number of ether oxygens (including phenoxy) is 1. The van der Waals surface area contributed by atoms with Gasteiger partial charge in [-0.15, -0.1) is 0 Å². The van der Waals surface area contributed by atoms with Crippen LogP contribution in [0.5, 0.6) is 0 Å². The summed E-state index contributed by atoms with van der Waals surface area (Å²) in [6.45, 7) is 7.23. The maximum atomic E-state index is 11.8. The quantitative estimate of drug-likeness (QED) is 0.483. The molecule has 1 aliphatic heterocycles. The highest BCUT2D eigenvalue weighted by molar-refractivity contribution is 7.80. The summed E-state index contributed by atoms with van der Waals surface area (Å²) in [6.07, 6.45) is 0. The van der Waals surface area contributed by atoms with Crippen LogP contribution in [0.3, 0.4) is 0 Å². The first-order valence-electron chi connectivity index (χ1n) is 8.31. The van der Waals surface area contributed by atoms with Crippen molar-refractivity contribution >= 4 is 28.9 Å². The lowest BCUT2D eigenvalue weighted by Crippen LogP contribution is -3.15. The Balaban J connectivity index is 1.73. The topological polar surface area (TPSA) is 58.0 Å². The zero-order chi connectivity index (χ0) is 17.4. The third-order valence-electron chi connectivity index (χ3n) is 4.18. The Labute approximate surface area is 149 Å². The SMILES string of the molecule is COCCNC(=O)C[NH+]1CCN(C(=S)Nc2ccccc2C)CC1. The number of aryl methyl sites for hydroxylation is 1. The number of benzene rings is 1. The van der Waals surface area contributed by atoms with Gasteiger partial charge in [0.05, 0.1) is 32.8 Å². The molecule has 0 bridgehead atoms. The second kappa shape index (κ2) is 9.56. The Morgan fingerprint density at radius 3 is 2.71 bits per heavy atom. The first-order chi connectivity index (χ1) is 11.6. The number of piperazine rings is 1. The van der Waals surface area contributed by atoms with Gasteiger partial charge in [0, 0.05) is 19.3 Å². The van der Waals surface area contributed by atoms with E-state index in [-0.39, 0.29) is 5.91 Å². The van der Waals surface area contributed by atoms with Gasteiger partial charge in [0.15, 0.2) is 11.7 Å². The summed E-state index contributed by atoms with van der Waals surface area (Å²) in [5.74, 6) is 0.0797. The fourth-order valence-corrected chi connectivity index (χ4v) is 2.98. The summed E-state index contributed by atoms with van der Waals surface area (Å²) < 4.78 is 4.93. The second-order valence-electron chi connectivity index (χ2n) is 6.00. The number of amides is 1. The van der Waals surface area contributed by atoms with Crippen molar-refractivity contribution in [2.75, 3.05) is 58.3 Å². The number of para-hydroxylation sites is 1. The van der Waals surface area contributed by atoms with E-state index in [1.165, 1.54) is 10.5 Å². The third kappa shape index (κ3) is 5.74. The molecule has 24 heavy (non-hydrogen) atoms. The van der Waals surface area contributed by atoms with Crippen LogP contribution >= 0.6 is 12.2 Å². The molecule has 1 aromatic rings. The van der Waals surface area contributed by atoms with Gasteiger partial charge in [0.1, 0.15) is 0 Å². The van der Waals surface area contributed by atoms with Gasteiger partial charge in [-0.3, -0.25) is 4.79 Å². The minimum atomic E-state index is 0.0797. The van der Waals surface area contributed by atoms with Crippen LogP contribution in [0.15, 0.2) is 24.3 Å². The molecule has 3 N–H and O–H groups in total. The molecule has 1 heterocycles. The predicted octanol–water partition coefficient (Wildman–Crippen LogP) is -0.345. The van der Waals surface area contributed by atoms with Gasteiger partial charge < -0.3 is 25.2 Å². The van der Waals surface area contributed by atoms with E-state index in [9.17, 15) is 4.79 Å². The minimum Gasteiger partial charge on any atom is -0.383 e. The van der Waals surface area contributed by atoms with Crippen LogP contribution in [-0.2, 0) is 9.53 Å². The van der Waals surface area contributed by atoms with Crippen molar-refractivity contribution in [3.63, 3.8) is 0 Å². The van der Waals surface area contributed by atoms with E-state index < -0.39 is 0 Å². The fraction of sp³-hybridized carbons (Fsp3) is 0.529. The molecule has 0 atom stereocenters. The molecule has 1 aliphatic rings. The summed E-state index contributed by atoms with van der Waals surface area (Å²) in [6, 6.07) is 8.12. The molecule has 0 unspecified atom stereocenters. The molecule has 1 amide bonds. The average molecular weight is 351 g/mol. The molecule has 2 rings (SSSR count). The van der Waals surface area contributed by atoms with Gasteiger partial charge in [-0.1, -0.05) is 18.2 Å². The van der Waals surface area contributed by atoms with Gasteiger partial charge in [-0.2, -0.15) is 0 Å². The van der Waals surface area contributed by atoms with Crippen molar-refractivity contribution in [2.45, 2.75) is 6.92 Å². The molecule has 1 saturated heterocycles. The number of nitrogens with one attached hydrogen (secondary N) is 3. The summed E-state index contributed by atoms with van der Waals surface area (Å²) in [7, 11) is 1.63. The first-order valence-corrected chi connectivity index (χ1v) is 8.71. The predicted molar refractivity (Wildman–Crippen MR) is 99.4 cm³/mol. The molecule has 0 aromatic heterocycles. The number of thiocarbonyl (C=S) groups is 1. The lowest BCUT2D eigenvalue weighted by Gasteiger charge is -2.33. The van der Waals surface area contributed by atoms with Crippen LogP contribution in [0.2, 0.25) is 0 Å². The van der Waals surface area contributed by atoms with Crippen molar-refractivity contribution in [1.29, 1.82) is 0 Å². The maximum Gasteiger partial charge on any atom is 0.275 e. The van der Waals surface area contributed by atoms with Crippen LogP contribution in [0.1, 0.15) is 5.56 Å². The molecule has 132 valence electrons. The van der Waals surface area contributed by atoms with Crippen LogP contribution in [0, 0.1) is 6.92 Å². The molecule has 1 fully saturated rings. The number of anilines is 1. The number of hydrogen-bond acceptors (Lipinski definition) is 3. The lowest BCUT2D eigenvalue weighted by molar-refractivity contribution is -0.895. The van der Waals surface area contributed by atoms with E-state index in [0.717, 1.165) is 37.0 Å². The average Bonchev–Trinajstić information content (AvgIpc) is 2.58. The van der Waals surface area contributed by atoms with Crippen LogP contribution in [-0.4, -0.2) is 68.9 Å². The first kappa shape index (κ1) is 18.6. The fourth-order valence-electron chi connectivity index (χ4n) is 2.69. The summed E-state index contributed by atoms with van der Waals surface area (Å²) in [4.78, 5) is 15.3. The van der Waals surface area contributed by atoms with Crippen LogP contribution < -0.4 is 15.5 Å². The third-order valence-corrected chi connectivity index (χ3v) is 4.54. The largest absolute Gasteiger partial charge is 0.383 e. The van der Waals surface area contributed by atoms with E-state index in [2.05, 4.69) is 28.5 Å². The Hall–Kier alpha value is -1.70. The van der Waals surface area contributed by atoms with Gasteiger partial charge in [-0.05, 0) is 30.8 Å². The highest BCUT2D eigenvalue weighted by Gasteiger charge is 2.23. The van der Waals surface area contributed by atoms with Crippen molar-refractivity contribution in [2.24, 2.45) is 0 Å². The lowest BCUT2D eigenvalue weighted by atomic mass is 10.2. The van der Waals surface area contributed by atoms with E-state index in [1.54, 1.807) is 7.11 Å². The van der Waals surface area contributed by atoms with Gasteiger partial charge in [0.2, 0.25) is 0 Å². The van der Waals surface area contributed by atoms with E-state index >= 15 is 0 Å². The molecule has 0 radical (unpaired) electrons. The molecule has 1 aromatic carbocycles. The molecule has 6 nitrogen and oxygen atoms in total. The zero-order valence-electron chi connectivity index (χ0n) is 14.4. The molecule has 0 aliphatic carbocycles. The van der Waals surface area contributed by atoms with Crippen molar-refractivity contribution in [3.05, 3.63) is 29.8 Å². The number of hydrogen-bond donors (Lipinski definition) is 3. The van der Waals surface area contributed by atoms with E-state index in [4.69, 9.17) is 17.0 Å². The number of carbonyl (C=O) groups excluding carboxylic acids is 1. The number of rotatable bonds is 6. The molecule has 0 saturated carbocycles. The monoisotopic (exact) mass is 351 g/mol. The van der Waals surface area contributed by atoms with Crippen molar-refractivity contribution < 1.29 is 14.4 Å².